The molecule has 4 heterocycles. The largest absolute Gasteiger partial charge is 0.490 e. The first-order valence-corrected chi connectivity index (χ1v) is 16.2. The molecule has 52 heavy (non-hydrogen) atoms. The molecule has 16 heteroatoms. The van der Waals surface area contributed by atoms with Gasteiger partial charge in [-0.3, -0.25) is 10.1 Å². The number of nitrogen functional groups attached to an aromatic ring is 1. The zero-order valence-electron chi connectivity index (χ0n) is 28.4. The van der Waals surface area contributed by atoms with E-state index in [2.05, 4.69) is 15.6 Å². The van der Waals surface area contributed by atoms with E-state index in [9.17, 15) is 22.8 Å². The van der Waals surface area contributed by atoms with Gasteiger partial charge in [0.15, 0.2) is 11.6 Å². The SMILES string of the molecule is Cc1cc2ccc1[C@@H](C)COC(=O)Nc1cc(F)c(O[C@H]3CCOC3)c(c1)CN(C)C(=O)C2Nc1ccc2c(N)nccc2c1.O=C(O)C(F)(F)F. The number of carboxylic acid groups (broad SMARTS) is 1. The number of alkyl halides is 3. The molecule has 1 unspecified atom stereocenters. The maximum atomic E-state index is 15.6. The Kier molecular flexibility index (Phi) is 11.4. The second kappa shape index (κ2) is 15.7. The number of hydrogen-bond donors (Lipinski definition) is 4. The number of nitrogens with two attached hydrogens (primary N) is 1. The van der Waals surface area contributed by atoms with Crippen molar-refractivity contribution in [3.05, 3.63) is 88.9 Å². The quantitative estimate of drug-likeness (QED) is 0.170. The molecule has 7 rings (SSSR count). The van der Waals surface area contributed by atoms with Gasteiger partial charge in [0.2, 0.25) is 5.91 Å². The minimum absolute atomic E-state index is 0.00936. The molecule has 4 bridgehead atoms. The molecule has 1 fully saturated rings. The summed E-state index contributed by atoms with van der Waals surface area (Å²) in [5.74, 6) is -3.34. The molecule has 0 spiro atoms. The Bertz CT molecular complexity index is 1970. The number of aromatic nitrogens is 1. The second-order valence-electron chi connectivity index (χ2n) is 12.5. The van der Waals surface area contributed by atoms with Gasteiger partial charge in [0.1, 0.15) is 18.0 Å². The summed E-state index contributed by atoms with van der Waals surface area (Å²) in [6, 6.07) is 15.4. The van der Waals surface area contributed by atoms with E-state index in [-0.39, 0.29) is 42.5 Å². The van der Waals surface area contributed by atoms with Crippen molar-refractivity contribution in [1.82, 2.24) is 9.88 Å². The van der Waals surface area contributed by atoms with E-state index in [4.69, 9.17) is 29.8 Å². The highest BCUT2D eigenvalue weighted by molar-refractivity contribution is 5.94. The summed E-state index contributed by atoms with van der Waals surface area (Å²) in [4.78, 5) is 41.6. The number of nitrogens with zero attached hydrogens (tertiary/aromatic N) is 2. The number of likely N-dealkylation sites (N-methyl/N-ethyl adjacent to an activating group) is 1. The van der Waals surface area contributed by atoms with Crippen LogP contribution in [0.3, 0.4) is 0 Å². The van der Waals surface area contributed by atoms with E-state index in [1.807, 2.05) is 56.3 Å². The van der Waals surface area contributed by atoms with Gasteiger partial charge in [-0.05, 0) is 59.3 Å². The van der Waals surface area contributed by atoms with Crippen molar-refractivity contribution in [3.8, 4) is 5.75 Å². The highest BCUT2D eigenvalue weighted by Gasteiger charge is 2.38. The smallest absolute Gasteiger partial charge is 0.484 e. The number of fused-ring (bicyclic) bond motifs is 10. The first-order chi connectivity index (χ1) is 24.6. The molecule has 0 radical (unpaired) electrons. The third-order valence-electron chi connectivity index (χ3n) is 8.54. The van der Waals surface area contributed by atoms with Gasteiger partial charge in [0.25, 0.3) is 0 Å². The maximum Gasteiger partial charge on any atom is 0.490 e. The minimum atomic E-state index is -5.08. The summed E-state index contributed by atoms with van der Waals surface area (Å²) in [5.41, 5.74) is 10.1. The van der Waals surface area contributed by atoms with Crippen molar-refractivity contribution in [3.63, 3.8) is 0 Å². The molecule has 1 aromatic heterocycles. The standard InChI is InChI=1S/C34H36FN5O5.C2HF3O2/c1-19-12-22-4-6-27(19)20(2)17-44-34(42)39-25-14-23(31(29(35)15-25)45-26-9-11-43-18-26)16-40(3)33(41)30(22)38-24-5-7-28-21(13-24)8-10-37-32(28)36;3-2(4,5)1(6)7/h4-8,10,12-15,20,26,30,38H,9,11,16-18H2,1-3H3,(H2,36,37)(H,39,42);(H,6,7)/t20-,26-,30?;/m0./s1. The number of amides is 2. The number of carboxylic acids is 1. The van der Waals surface area contributed by atoms with Crippen LogP contribution >= 0.6 is 0 Å². The van der Waals surface area contributed by atoms with Crippen LogP contribution in [0, 0.1) is 12.7 Å². The van der Waals surface area contributed by atoms with E-state index in [1.54, 1.807) is 19.3 Å². The Balaban J connectivity index is 0.000000679. The van der Waals surface area contributed by atoms with E-state index in [0.29, 0.717) is 31.0 Å². The van der Waals surface area contributed by atoms with Crippen LogP contribution in [0.5, 0.6) is 5.75 Å². The van der Waals surface area contributed by atoms with Crippen LogP contribution in [0.4, 0.5) is 39.5 Å². The first-order valence-electron chi connectivity index (χ1n) is 16.2. The molecular weight excluding hydrogens is 690 g/mol. The van der Waals surface area contributed by atoms with Gasteiger partial charge >= 0.3 is 18.2 Å². The Hall–Kier alpha value is -5.64. The minimum Gasteiger partial charge on any atom is -0.484 e. The molecule has 3 atom stereocenters. The molecule has 5 N–H and O–H groups in total. The molecular formula is C36H37F4N5O7. The van der Waals surface area contributed by atoms with Gasteiger partial charge in [0.05, 0.1) is 19.8 Å². The summed E-state index contributed by atoms with van der Waals surface area (Å²) in [5, 5.41) is 14.9. The fourth-order valence-electron chi connectivity index (χ4n) is 5.92. The van der Waals surface area contributed by atoms with Crippen LogP contribution in [-0.4, -0.2) is 72.1 Å². The highest BCUT2D eigenvalue weighted by atomic mass is 19.4. The fraction of sp³-hybridized carbons (Fsp3) is 0.333. The van der Waals surface area contributed by atoms with Gasteiger partial charge in [-0.25, -0.2) is 19.0 Å². The normalized spacial score (nSPS) is 19.4. The lowest BCUT2D eigenvalue weighted by Gasteiger charge is -2.28. The predicted molar refractivity (Wildman–Crippen MR) is 184 cm³/mol. The zero-order valence-corrected chi connectivity index (χ0v) is 28.4. The zero-order chi connectivity index (χ0) is 37.7. The first kappa shape index (κ1) is 37.6. The Morgan fingerprint density at radius 3 is 2.54 bits per heavy atom. The number of anilines is 3. The number of aryl methyl sites for hydroxylation is 1. The lowest BCUT2D eigenvalue weighted by molar-refractivity contribution is -0.192. The number of hydrogen-bond acceptors (Lipinski definition) is 9. The van der Waals surface area contributed by atoms with Crippen molar-refractivity contribution in [2.45, 2.75) is 51.1 Å². The van der Waals surface area contributed by atoms with Crippen LogP contribution in [0.15, 0.2) is 60.8 Å². The lowest BCUT2D eigenvalue weighted by Crippen LogP contribution is -2.35. The molecule has 0 aliphatic carbocycles. The number of aliphatic carboxylic acids is 1. The third-order valence-corrected chi connectivity index (χ3v) is 8.54. The Morgan fingerprint density at radius 2 is 1.87 bits per heavy atom. The molecule has 3 aromatic carbocycles. The molecule has 3 aliphatic heterocycles. The van der Waals surface area contributed by atoms with Crippen molar-refractivity contribution < 1.29 is 51.3 Å². The van der Waals surface area contributed by atoms with Crippen LogP contribution in [0.25, 0.3) is 10.8 Å². The van der Waals surface area contributed by atoms with E-state index >= 15 is 4.39 Å². The number of rotatable bonds is 4. The number of carbonyl (C=O) groups excluding carboxylic acids is 2. The number of carbonyl (C=O) groups is 3. The fourth-order valence-corrected chi connectivity index (χ4v) is 5.92. The topological polar surface area (TPSA) is 165 Å². The Labute approximate surface area is 295 Å². The number of halogens is 4. The third kappa shape index (κ3) is 8.98. The van der Waals surface area contributed by atoms with Gasteiger partial charge in [-0.15, -0.1) is 0 Å². The molecule has 12 nitrogen and oxygen atoms in total. The Morgan fingerprint density at radius 1 is 1.12 bits per heavy atom. The number of pyridine rings is 1. The highest BCUT2D eigenvalue weighted by Crippen LogP contribution is 2.33. The van der Waals surface area contributed by atoms with Gasteiger partial charge in [-0.2, -0.15) is 13.2 Å². The van der Waals surface area contributed by atoms with Gasteiger partial charge in [0, 0.05) is 60.5 Å². The molecule has 2 amide bonds. The van der Waals surface area contributed by atoms with Gasteiger partial charge < -0.3 is 35.3 Å². The van der Waals surface area contributed by atoms with E-state index < -0.39 is 30.1 Å². The number of ether oxygens (including phenoxy) is 3. The monoisotopic (exact) mass is 727 g/mol. The summed E-state index contributed by atoms with van der Waals surface area (Å²) in [6.45, 7) is 4.91. The summed E-state index contributed by atoms with van der Waals surface area (Å²) in [6.07, 6.45) is -3.84. The van der Waals surface area contributed by atoms with Crippen molar-refractivity contribution in [2.24, 2.45) is 0 Å². The second-order valence-corrected chi connectivity index (χ2v) is 12.5. The van der Waals surface area contributed by atoms with Crippen LogP contribution in [0.1, 0.15) is 47.6 Å². The van der Waals surface area contributed by atoms with Crippen molar-refractivity contribution >= 4 is 45.9 Å². The summed E-state index contributed by atoms with van der Waals surface area (Å²) < 4.78 is 64.3. The molecule has 4 aromatic rings. The van der Waals surface area contributed by atoms with Crippen molar-refractivity contribution in [2.75, 3.05) is 43.2 Å². The average Bonchev–Trinajstić information content (AvgIpc) is 3.60. The van der Waals surface area contributed by atoms with Crippen LogP contribution < -0.4 is 21.1 Å². The summed E-state index contributed by atoms with van der Waals surface area (Å²) in [7, 11) is 1.66. The summed E-state index contributed by atoms with van der Waals surface area (Å²) >= 11 is 0. The molecule has 1 saturated heterocycles. The van der Waals surface area contributed by atoms with E-state index in [0.717, 1.165) is 33.2 Å². The number of nitrogens with one attached hydrogen (secondary N) is 2. The predicted octanol–water partition coefficient (Wildman–Crippen LogP) is 6.54. The van der Waals surface area contributed by atoms with Crippen LogP contribution in [-0.2, 0) is 25.6 Å². The maximum absolute atomic E-state index is 15.6. The molecule has 276 valence electrons. The molecule has 3 aliphatic rings. The molecule has 0 saturated carbocycles. The van der Waals surface area contributed by atoms with E-state index in [1.165, 1.54) is 11.0 Å². The van der Waals surface area contributed by atoms with Crippen molar-refractivity contribution in [1.29, 1.82) is 0 Å². The van der Waals surface area contributed by atoms with Gasteiger partial charge in [-0.1, -0.05) is 25.1 Å². The van der Waals surface area contributed by atoms with Crippen LogP contribution in [0.2, 0.25) is 0 Å². The average molecular weight is 728 g/mol. The number of benzene rings is 3. The lowest BCUT2D eigenvalue weighted by atomic mass is 9.93.